The van der Waals surface area contributed by atoms with Crippen LogP contribution in [0.5, 0.6) is 0 Å². The van der Waals surface area contributed by atoms with Gasteiger partial charge in [-0.15, -0.1) is 0 Å². The van der Waals surface area contributed by atoms with Crippen molar-refractivity contribution in [1.82, 2.24) is 0 Å². The molecule has 3 N–H and O–H groups in total. The minimum atomic E-state index is -3.19. The van der Waals surface area contributed by atoms with E-state index in [-0.39, 0.29) is 10.6 Å². The first-order valence-electron chi connectivity index (χ1n) is 5.48. The van der Waals surface area contributed by atoms with Gasteiger partial charge in [0.05, 0.1) is 16.8 Å². The minimum absolute atomic E-state index is 0.0667. The number of nitrogens with two attached hydrogens (primary N) is 1. The van der Waals surface area contributed by atoms with E-state index in [1.807, 2.05) is 0 Å². The second-order valence-corrected chi connectivity index (χ2v) is 6.97. The molecule has 96 valence electrons. The number of rotatable bonds is 4. The van der Waals surface area contributed by atoms with Crippen molar-refractivity contribution in [1.29, 1.82) is 0 Å². The Kier molecular flexibility index (Phi) is 3.96. The molecule has 0 aliphatic carbocycles. The first-order chi connectivity index (χ1) is 7.68. The van der Waals surface area contributed by atoms with Gasteiger partial charge in [0.2, 0.25) is 0 Å². The largest absolute Gasteiger partial charge is 0.387 e. The Morgan fingerprint density at radius 3 is 2.12 bits per heavy atom. The van der Waals surface area contributed by atoms with E-state index in [4.69, 9.17) is 5.73 Å². The molecule has 0 saturated heterocycles. The molecule has 0 fully saturated rings. The van der Waals surface area contributed by atoms with E-state index in [1.165, 1.54) is 12.1 Å². The highest BCUT2D eigenvalue weighted by molar-refractivity contribution is 7.91. The lowest BCUT2D eigenvalue weighted by Crippen LogP contribution is -2.39. The second-order valence-electron chi connectivity index (χ2n) is 4.70. The monoisotopic (exact) mass is 257 g/mol. The van der Waals surface area contributed by atoms with Gasteiger partial charge in [0, 0.05) is 5.54 Å². The highest BCUT2D eigenvalue weighted by atomic mass is 32.2. The summed E-state index contributed by atoms with van der Waals surface area (Å²) in [6.45, 7) is 5.03. The molecule has 0 saturated carbocycles. The van der Waals surface area contributed by atoms with Crippen molar-refractivity contribution >= 4 is 9.84 Å². The van der Waals surface area contributed by atoms with Gasteiger partial charge in [-0.1, -0.05) is 19.1 Å². The van der Waals surface area contributed by atoms with Gasteiger partial charge in [-0.3, -0.25) is 0 Å². The minimum Gasteiger partial charge on any atom is -0.387 e. The number of aliphatic hydroxyl groups excluding tert-OH is 1. The average molecular weight is 257 g/mol. The fourth-order valence-electron chi connectivity index (χ4n) is 1.45. The zero-order chi connectivity index (χ0) is 13.3. The number of hydrogen-bond donors (Lipinski definition) is 2. The first kappa shape index (κ1) is 14.2. The molecular formula is C12H19NO3S. The fraction of sp³-hybridized carbons (Fsp3) is 0.500. The molecule has 5 heteroatoms. The summed E-state index contributed by atoms with van der Waals surface area (Å²) in [6, 6.07) is 6.20. The molecule has 0 aliphatic heterocycles. The molecule has 0 spiro atoms. The van der Waals surface area contributed by atoms with E-state index in [9.17, 15) is 13.5 Å². The molecule has 1 aromatic carbocycles. The molecule has 0 bridgehead atoms. The van der Waals surface area contributed by atoms with Gasteiger partial charge in [-0.05, 0) is 31.5 Å². The molecule has 0 heterocycles. The van der Waals surface area contributed by atoms with Gasteiger partial charge in [0.1, 0.15) is 0 Å². The molecule has 0 radical (unpaired) electrons. The van der Waals surface area contributed by atoms with Crippen LogP contribution < -0.4 is 5.73 Å². The van der Waals surface area contributed by atoms with Gasteiger partial charge < -0.3 is 10.8 Å². The van der Waals surface area contributed by atoms with Gasteiger partial charge in [0.25, 0.3) is 0 Å². The average Bonchev–Trinajstić information content (AvgIpc) is 2.27. The van der Waals surface area contributed by atoms with Gasteiger partial charge in [0.15, 0.2) is 9.84 Å². The Balaban J connectivity index is 3.05. The summed E-state index contributed by atoms with van der Waals surface area (Å²) in [5, 5.41) is 9.93. The Morgan fingerprint density at radius 1 is 1.29 bits per heavy atom. The van der Waals surface area contributed by atoms with Crippen molar-refractivity contribution in [3.63, 3.8) is 0 Å². The third-order valence-electron chi connectivity index (χ3n) is 2.64. The van der Waals surface area contributed by atoms with Crippen molar-refractivity contribution < 1.29 is 13.5 Å². The van der Waals surface area contributed by atoms with Crippen LogP contribution in [0.3, 0.4) is 0 Å². The Hall–Kier alpha value is -0.910. The zero-order valence-electron chi connectivity index (χ0n) is 10.3. The summed E-state index contributed by atoms with van der Waals surface area (Å²) in [5.41, 5.74) is 5.65. The number of aliphatic hydroxyl groups is 1. The maximum atomic E-state index is 11.6. The molecule has 4 nitrogen and oxygen atoms in total. The second kappa shape index (κ2) is 4.76. The van der Waals surface area contributed by atoms with Crippen molar-refractivity contribution in [2.24, 2.45) is 5.73 Å². The van der Waals surface area contributed by atoms with Crippen LogP contribution in [0, 0.1) is 0 Å². The van der Waals surface area contributed by atoms with Crippen molar-refractivity contribution in [3.05, 3.63) is 29.8 Å². The van der Waals surface area contributed by atoms with Crippen LogP contribution in [0.15, 0.2) is 29.2 Å². The standard InChI is InChI=1S/C12H19NO3S/c1-4-17(15,16)10-7-5-9(6-8-10)11(14)12(2,3)13/h5-8,11,14H,4,13H2,1-3H3. The van der Waals surface area contributed by atoms with E-state index in [2.05, 4.69) is 0 Å². The van der Waals surface area contributed by atoms with Gasteiger partial charge >= 0.3 is 0 Å². The highest BCUT2D eigenvalue weighted by Gasteiger charge is 2.24. The maximum Gasteiger partial charge on any atom is 0.178 e. The van der Waals surface area contributed by atoms with Crippen molar-refractivity contribution in [2.45, 2.75) is 37.3 Å². The predicted molar refractivity (Wildman–Crippen MR) is 67.4 cm³/mol. The summed E-state index contributed by atoms with van der Waals surface area (Å²) in [6.07, 6.45) is -0.819. The van der Waals surface area contributed by atoms with Crippen LogP contribution in [-0.2, 0) is 9.84 Å². The summed E-state index contributed by atoms with van der Waals surface area (Å²) < 4.78 is 23.2. The fourth-order valence-corrected chi connectivity index (χ4v) is 2.34. The summed E-state index contributed by atoms with van der Waals surface area (Å²) in [5.74, 6) is 0.0667. The lowest BCUT2D eigenvalue weighted by Gasteiger charge is -2.26. The normalized spacial score (nSPS) is 14.6. The predicted octanol–water partition coefficient (Wildman–Crippen LogP) is 1.25. The third kappa shape index (κ3) is 3.28. The molecule has 0 aliphatic rings. The van der Waals surface area contributed by atoms with E-state index < -0.39 is 21.5 Å². The van der Waals surface area contributed by atoms with Gasteiger partial charge in [-0.25, -0.2) is 8.42 Å². The Morgan fingerprint density at radius 2 is 1.76 bits per heavy atom. The van der Waals surface area contributed by atoms with Crippen molar-refractivity contribution in [3.8, 4) is 0 Å². The molecule has 17 heavy (non-hydrogen) atoms. The van der Waals surface area contributed by atoms with Crippen LogP contribution in [-0.4, -0.2) is 24.8 Å². The summed E-state index contributed by atoms with van der Waals surface area (Å²) >= 11 is 0. The number of sulfone groups is 1. The van der Waals surface area contributed by atoms with Crippen LogP contribution in [0.1, 0.15) is 32.4 Å². The SMILES string of the molecule is CCS(=O)(=O)c1ccc(C(O)C(C)(C)N)cc1. The van der Waals surface area contributed by atoms with Crippen LogP contribution in [0.25, 0.3) is 0 Å². The molecule has 0 amide bonds. The van der Waals surface area contributed by atoms with Crippen LogP contribution >= 0.6 is 0 Å². The first-order valence-corrected chi connectivity index (χ1v) is 7.13. The van der Waals surface area contributed by atoms with E-state index in [0.717, 1.165) is 0 Å². The topological polar surface area (TPSA) is 80.4 Å². The maximum absolute atomic E-state index is 11.6. The lowest BCUT2D eigenvalue weighted by molar-refractivity contribution is 0.104. The van der Waals surface area contributed by atoms with Crippen LogP contribution in [0.2, 0.25) is 0 Å². The van der Waals surface area contributed by atoms with E-state index >= 15 is 0 Å². The summed E-state index contributed by atoms with van der Waals surface area (Å²) in [7, 11) is -3.19. The number of hydrogen-bond acceptors (Lipinski definition) is 4. The molecule has 1 unspecified atom stereocenters. The van der Waals surface area contributed by atoms with Gasteiger partial charge in [-0.2, -0.15) is 0 Å². The Bertz CT molecular complexity index is 471. The van der Waals surface area contributed by atoms with E-state index in [0.29, 0.717) is 5.56 Å². The quantitative estimate of drug-likeness (QED) is 0.850. The summed E-state index contributed by atoms with van der Waals surface area (Å²) in [4.78, 5) is 0.269. The molecule has 1 aromatic rings. The number of benzene rings is 1. The third-order valence-corrected chi connectivity index (χ3v) is 4.39. The van der Waals surface area contributed by atoms with E-state index in [1.54, 1.807) is 32.9 Å². The molecular weight excluding hydrogens is 238 g/mol. The molecule has 0 aromatic heterocycles. The van der Waals surface area contributed by atoms with Crippen LogP contribution in [0.4, 0.5) is 0 Å². The highest BCUT2D eigenvalue weighted by Crippen LogP contribution is 2.24. The smallest absolute Gasteiger partial charge is 0.178 e. The zero-order valence-corrected chi connectivity index (χ0v) is 11.2. The Labute approximate surface area is 102 Å². The molecule has 1 atom stereocenters. The lowest BCUT2D eigenvalue weighted by atomic mass is 9.93. The molecule has 1 rings (SSSR count). The van der Waals surface area contributed by atoms with Crippen molar-refractivity contribution in [2.75, 3.05) is 5.75 Å².